The molecule has 0 saturated heterocycles. The van der Waals surface area contributed by atoms with E-state index in [9.17, 15) is 4.79 Å². The van der Waals surface area contributed by atoms with E-state index in [-0.39, 0.29) is 11.9 Å². The van der Waals surface area contributed by atoms with Crippen LogP contribution >= 0.6 is 0 Å². The molecule has 6 nitrogen and oxygen atoms in total. The van der Waals surface area contributed by atoms with Crippen molar-refractivity contribution in [3.05, 3.63) is 48.0 Å². The van der Waals surface area contributed by atoms with Crippen molar-refractivity contribution in [1.29, 1.82) is 0 Å². The second-order valence-electron chi connectivity index (χ2n) is 5.41. The van der Waals surface area contributed by atoms with Crippen LogP contribution in [0, 0.1) is 0 Å². The van der Waals surface area contributed by atoms with Gasteiger partial charge in [-0.3, -0.25) is 10.1 Å². The average molecular weight is 295 g/mol. The van der Waals surface area contributed by atoms with Crippen LogP contribution in [0.1, 0.15) is 35.9 Å². The number of aromatic nitrogens is 4. The first-order valence-electron chi connectivity index (χ1n) is 7.11. The summed E-state index contributed by atoms with van der Waals surface area (Å²) < 4.78 is 2.06. The SMILES string of the molecule is CC(C)c1nc2cc(C(=O)Nc3ncccn3)ccc2n1C. The molecule has 2 aromatic heterocycles. The topological polar surface area (TPSA) is 72.7 Å². The fourth-order valence-electron chi connectivity index (χ4n) is 2.41. The van der Waals surface area contributed by atoms with Crippen molar-refractivity contribution in [3.63, 3.8) is 0 Å². The number of nitrogens with zero attached hydrogens (tertiary/aromatic N) is 4. The lowest BCUT2D eigenvalue weighted by atomic mass is 10.2. The van der Waals surface area contributed by atoms with E-state index in [2.05, 4.69) is 38.7 Å². The van der Waals surface area contributed by atoms with Gasteiger partial charge in [-0.05, 0) is 24.3 Å². The molecule has 0 aliphatic heterocycles. The molecule has 0 bridgehead atoms. The normalized spacial score (nSPS) is 11.1. The molecule has 3 rings (SSSR count). The first kappa shape index (κ1) is 14.2. The number of aryl methyl sites for hydroxylation is 1. The van der Waals surface area contributed by atoms with Crippen molar-refractivity contribution in [2.75, 3.05) is 5.32 Å². The Morgan fingerprint density at radius 3 is 2.64 bits per heavy atom. The van der Waals surface area contributed by atoms with E-state index >= 15 is 0 Å². The molecule has 2 heterocycles. The summed E-state index contributed by atoms with van der Waals surface area (Å²) >= 11 is 0. The maximum absolute atomic E-state index is 12.3. The van der Waals surface area contributed by atoms with Gasteiger partial charge in [0.15, 0.2) is 0 Å². The van der Waals surface area contributed by atoms with E-state index in [1.165, 1.54) is 0 Å². The molecule has 1 aromatic carbocycles. The Morgan fingerprint density at radius 1 is 1.23 bits per heavy atom. The average Bonchev–Trinajstić information content (AvgIpc) is 2.85. The van der Waals surface area contributed by atoms with Crippen LogP contribution in [-0.2, 0) is 7.05 Å². The molecule has 6 heteroatoms. The lowest BCUT2D eigenvalue weighted by molar-refractivity contribution is 0.102. The lowest BCUT2D eigenvalue weighted by Crippen LogP contribution is -2.13. The van der Waals surface area contributed by atoms with Gasteiger partial charge in [-0.1, -0.05) is 13.8 Å². The molecular weight excluding hydrogens is 278 g/mol. The smallest absolute Gasteiger partial charge is 0.258 e. The molecule has 0 aliphatic rings. The largest absolute Gasteiger partial charge is 0.331 e. The third kappa shape index (κ3) is 2.55. The predicted molar refractivity (Wildman–Crippen MR) is 84.8 cm³/mol. The highest BCUT2D eigenvalue weighted by Crippen LogP contribution is 2.21. The number of fused-ring (bicyclic) bond motifs is 1. The van der Waals surface area contributed by atoms with Crippen LogP contribution in [-0.4, -0.2) is 25.4 Å². The molecule has 1 N–H and O–H groups in total. The summed E-state index contributed by atoms with van der Waals surface area (Å²) in [6.07, 6.45) is 3.17. The maximum atomic E-state index is 12.3. The van der Waals surface area contributed by atoms with E-state index in [0.717, 1.165) is 16.9 Å². The number of rotatable bonds is 3. The highest BCUT2D eigenvalue weighted by Gasteiger charge is 2.14. The molecule has 22 heavy (non-hydrogen) atoms. The van der Waals surface area contributed by atoms with E-state index in [1.54, 1.807) is 30.6 Å². The summed E-state index contributed by atoms with van der Waals surface area (Å²) in [5.41, 5.74) is 2.36. The zero-order chi connectivity index (χ0) is 15.7. The molecule has 0 saturated carbocycles. The molecule has 3 aromatic rings. The first-order chi connectivity index (χ1) is 10.6. The summed E-state index contributed by atoms with van der Waals surface area (Å²) in [7, 11) is 1.99. The van der Waals surface area contributed by atoms with Crippen LogP contribution in [0.15, 0.2) is 36.7 Å². The summed E-state index contributed by atoms with van der Waals surface area (Å²) in [6, 6.07) is 7.18. The summed E-state index contributed by atoms with van der Waals surface area (Å²) in [5.74, 6) is 1.37. The van der Waals surface area contributed by atoms with Crippen LogP contribution in [0.4, 0.5) is 5.95 Å². The zero-order valence-electron chi connectivity index (χ0n) is 12.7. The van der Waals surface area contributed by atoms with Gasteiger partial charge in [-0.2, -0.15) is 0 Å². The van der Waals surface area contributed by atoms with Crippen molar-refractivity contribution in [1.82, 2.24) is 19.5 Å². The van der Waals surface area contributed by atoms with Crippen molar-refractivity contribution in [3.8, 4) is 0 Å². The minimum atomic E-state index is -0.246. The summed E-state index contributed by atoms with van der Waals surface area (Å²) in [6.45, 7) is 4.20. The number of benzene rings is 1. The molecule has 0 spiro atoms. The number of carbonyl (C=O) groups is 1. The standard InChI is InChI=1S/C16H17N5O/c1-10(2)14-19-12-9-11(5-6-13(12)21(14)3)15(22)20-16-17-7-4-8-18-16/h4-10H,1-3H3,(H,17,18,20,22). The van der Waals surface area contributed by atoms with Gasteiger partial charge in [-0.25, -0.2) is 15.0 Å². The predicted octanol–water partition coefficient (Wildman–Crippen LogP) is 2.74. The maximum Gasteiger partial charge on any atom is 0.258 e. The summed E-state index contributed by atoms with van der Waals surface area (Å²) in [5, 5.41) is 2.67. The fourth-order valence-corrected chi connectivity index (χ4v) is 2.41. The van der Waals surface area contributed by atoms with E-state index in [1.807, 2.05) is 13.1 Å². The molecule has 0 aliphatic carbocycles. The molecular formula is C16H17N5O. The Balaban J connectivity index is 1.93. The molecule has 1 amide bonds. The molecule has 112 valence electrons. The number of carbonyl (C=O) groups excluding carboxylic acids is 1. The van der Waals surface area contributed by atoms with Gasteiger partial charge in [-0.15, -0.1) is 0 Å². The molecule has 0 radical (unpaired) electrons. The number of amides is 1. The van der Waals surface area contributed by atoms with Crippen molar-refractivity contribution >= 4 is 22.9 Å². The Kier molecular flexibility index (Phi) is 3.58. The number of imidazole rings is 1. The fraction of sp³-hybridized carbons (Fsp3) is 0.250. The van der Waals surface area contributed by atoms with Crippen LogP contribution in [0.3, 0.4) is 0 Å². The van der Waals surface area contributed by atoms with Crippen LogP contribution in [0.25, 0.3) is 11.0 Å². The number of hydrogen-bond acceptors (Lipinski definition) is 4. The number of anilines is 1. The van der Waals surface area contributed by atoms with Gasteiger partial charge in [0.1, 0.15) is 5.82 Å². The van der Waals surface area contributed by atoms with Crippen LogP contribution < -0.4 is 5.32 Å². The Labute approximate surface area is 128 Å². The second kappa shape index (κ2) is 5.55. The van der Waals surface area contributed by atoms with E-state index in [0.29, 0.717) is 11.5 Å². The van der Waals surface area contributed by atoms with E-state index < -0.39 is 0 Å². The number of hydrogen-bond donors (Lipinski definition) is 1. The third-order valence-electron chi connectivity index (χ3n) is 3.49. The number of nitrogens with one attached hydrogen (secondary N) is 1. The van der Waals surface area contributed by atoms with Crippen molar-refractivity contribution < 1.29 is 4.79 Å². The van der Waals surface area contributed by atoms with Gasteiger partial charge in [0.05, 0.1) is 11.0 Å². The Hall–Kier alpha value is -2.76. The molecule has 0 fully saturated rings. The van der Waals surface area contributed by atoms with Crippen LogP contribution in [0.2, 0.25) is 0 Å². The van der Waals surface area contributed by atoms with Gasteiger partial charge in [0.2, 0.25) is 5.95 Å². The first-order valence-corrected chi connectivity index (χ1v) is 7.11. The quantitative estimate of drug-likeness (QED) is 0.806. The monoisotopic (exact) mass is 295 g/mol. The van der Waals surface area contributed by atoms with Gasteiger partial charge >= 0.3 is 0 Å². The van der Waals surface area contributed by atoms with Gasteiger partial charge < -0.3 is 4.57 Å². The molecule has 0 atom stereocenters. The second-order valence-corrected chi connectivity index (χ2v) is 5.41. The minimum absolute atomic E-state index is 0.246. The van der Waals surface area contributed by atoms with Gasteiger partial charge in [0.25, 0.3) is 5.91 Å². The Bertz CT molecular complexity index is 823. The van der Waals surface area contributed by atoms with Crippen molar-refractivity contribution in [2.45, 2.75) is 19.8 Å². The molecule has 0 unspecified atom stereocenters. The van der Waals surface area contributed by atoms with Crippen LogP contribution in [0.5, 0.6) is 0 Å². The Morgan fingerprint density at radius 2 is 1.95 bits per heavy atom. The highest BCUT2D eigenvalue weighted by atomic mass is 16.1. The highest BCUT2D eigenvalue weighted by molar-refractivity contribution is 6.05. The zero-order valence-corrected chi connectivity index (χ0v) is 12.7. The van der Waals surface area contributed by atoms with Gasteiger partial charge in [0, 0.05) is 30.9 Å². The lowest BCUT2D eigenvalue weighted by Gasteiger charge is -2.05. The van der Waals surface area contributed by atoms with Crippen molar-refractivity contribution in [2.24, 2.45) is 7.05 Å². The minimum Gasteiger partial charge on any atom is -0.331 e. The van der Waals surface area contributed by atoms with E-state index in [4.69, 9.17) is 0 Å². The third-order valence-corrected chi connectivity index (χ3v) is 3.49. The summed E-state index contributed by atoms with van der Waals surface area (Å²) in [4.78, 5) is 24.8.